The molecule has 1 aromatic carbocycles. The number of hydrogen-bond acceptors (Lipinski definition) is 2. The molecule has 1 N–H and O–H groups in total. The van der Waals surface area contributed by atoms with Crippen LogP contribution in [0.1, 0.15) is 51.8 Å². The molecule has 3 nitrogen and oxygen atoms in total. The van der Waals surface area contributed by atoms with Crippen molar-refractivity contribution in [2.24, 2.45) is 5.92 Å². The Kier molecular flexibility index (Phi) is 3.52. The summed E-state index contributed by atoms with van der Waals surface area (Å²) in [5, 5.41) is 3.43. The number of benzene rings is 1. The monoisotopic (exact) mass is 290 g/mol. The Balaban J connectivity index is 1.94. The normalized spacial score (nSPS) is 35.9. The summed E-state index contributed by atoms with van der Waals surface area (Å²) in [6, 6.07) is 6.85. The van der Waals surface area contributed by atoms with Crippen LogP contribution in [0.4, 0.5) is 4.39 Å². The smallest absolute Gasteiger partial charge is 0.244 e. The third-order valence-corrected chi connectivity index (χ3v) is 5.05. The van der Waals surface area contributed by atoms with Crippen molar-refractivity contribution in [1.29, 1.82) is 0 Å². The first-order valence-electron chi connectivity index (χ1n) is 7.80. The molecule has 114 valence electrons. The number of carbonyl (C=O) groups excluding carboxylic acids is 1. The van der Waals surface area contributed by atoms with Gasteiger partial charge in [-0.1, -0.05) is 26.0 Å². The van der Waals surface area contributed by atoms with E-state index in [1.54, 1.807) is 6.07 Å². The molecule has 1 heterocycles. The number of nitrogens with zero attached hydrogens (tertiary/aromatic N) is 1. The van der Waals surface area contributed by atoms with E-state index < -0.39 is 5.54 Å². The molecule has 0 aromatic heterocycles. The highest BCUT2D eigenvalue weighted by Crippen LogP contribution is 2.41. The minimum absolute atomic E-state index is 0.149. The molecule has 1 saturated heterocycles. The number of amides is 1. The first-order chi connectivity index (χ1) is 9.94. The number of hydrogen-bond donors (Lipinski definition) is 1. The lowest BCUT2D eigenvalue weighted by Gasteiger charge is -2.42. The van der Waals surface area contributed by atoms with Gasteiger partial charge in [0.1, 0.15) is 12.0 Å². The summed E-state index contributed by atoms with van der Waals surface area (Å²) in [7, 11) is 0. The number of halogens is 1. The van der Waals surface area contributed by atoms with E-state index in [-0.39, 0.29) is 23.9 Å². The van der Waals surface area contributed by atoms with Gasteiger partial charge < -0.3 is 4.90 Å². The van der Waals surface area contributed by atoms with Gasteiger partial charge in [-0.05, 0) is 49.8 Å². The van der Waals surface area contributed by atoms with Crippen LogP contribution in [0.3, 0.4) is 0 Å². The lowest BCUT2D eigenvalue weighted by atomic mass is 9.80. The molecule has 1 aromatic rings. The average molecular weight is 290 g/mol. The maximum Gasteiger partial charge on any atom is 0.244 e. The fraction of sp³-hybridized carbons (Fsp3) is 0.588. The van der Waals surface area contributed by atoms with Crippen LogP contribution in [-0.4, -0.2) is 22.4 Å². The molecule has 2 unspecified atom stereocenters. The molecule has 1 aliphatic carbocycles. The fourth-order valence-corrected chi connectivity index (χ4v) is 3.47. The zero-order chi connectivity index (χ0) is 15.2. The Morgan fingerprint density at radius 1 is 1.43 bits per heavy atom. The van der Waals surface area contributed by atoms with E-state index >= 15 is 0 Å². The van der Waals surface area contributed by atoms with Gasteiger partial charge in [-0.2, -0.15) is 0 Å². The Hall–Kier alpha value is -1.42. The van der Waals surface area contributed by atoms with E-state index in [2.05, 4.69) is 12.2 Å². The average Bonchev–Trinajstić information content (AvgIpc) is 2.69. The standard InChI is InChI=1S/C17H23FN2O/c1-4-17(3)16(21)20(14-8-11(2)9-14)15(19-17)12-6-5-7-13(18)10-12/h5-7,10-11,14-15,19H,4,8-9H2,1-3H3. The van der Waals surface area contributed by atoms with Gasteiger partial charge in [-0.25, -0.2) is 4.39 Å². The quantitative estimate of drug-likeness (QED) is 0.927. The van der Waals surface area contributed by atoms with Crippen molar-refractivity contribution < 1.29 is 9.18 Å². The molecule has 0 bridgehead atoms. The highest BCUT2D eigenvalue weighted by Gasteiger charge is 2.51. The summed E-state index contributed by atoms with van der Waals surface area (Å²) < 4.78 is 13.5. The van der Waals surface area contributed by atoms with Crippen LogP contribution in [0.2, 0.25) is 0 Å². The summed E-state index contributed by atoms with van der Waals surface area (Å²) in [5.41, 5.74) is 0.288. The molecule has 0 radical (unpaired) electrons. The maximum absolute atomic E-state index is 13.5. The summed E-state index contributed by atoms with van der Waals surface area (Å²) in [6.07, 6.45) is 2.60. The van der Waals surface area contributed by atoms with Gasteiger partial charge in [0.15, 0.2) is 0 Å². The van der Waals surface area contributed by atoms with Crippen molar-refractivity contribution in [3.05, 3.63) is 35.6 Å². The highest BCUT2D eigenvalue weighted by atomic mass is 19.1. The lowest BCUT2D eigenvalue weighted by Crippen LogP contribution is -2.48. The lowest BCUT2D eigenvalue weighted by molar-refractivity contribution is -0.137. The largest absolute Gasteiger partial charge is 0.318 e. The molecular weight excluding hydrogens is 267 g/mol. The molecule has 1 aliphatic heterocycles. The van der Waals surface area contributed by atoms with Gasteiger partial charge in [0.05, 0.1) is 5.54 Å². The minimum atomic E-state index is -0.546. The van der Waals surface area contributed by atoms with Gasteiger partial charge in [-0.3, -0.25) is 10.1 Å². The molecule has 1 amide bonds. The molecule has 0 spiro atoms. The van der Waals surface area contributed by atoms with E-state index in [9.17, 15) is 9.18 Å². The SMILES string of the molecule is CCC1(C)NC(c2cccc(F)c2)N(C2CC(C)C2)C1=O. The number of nitrogens with one attached hydrogen (secondary N) is 1. The fourth-order valence-electron chi connectivity index (χ4n) is 3.47. The van der Waals surface area contributed by atoms with Crippen LogP contribution >= 0.6 is 0 Å². The molecule has 4 heteroatoms. The van der Waals surface area contributed by atoms with Crippen molar-refractivity contribution >= 4 is 5.91 Å². The molecule has 2 fully saturated rings. The Bertz CT molecular complexity index is 555. The van der Waals surface area contributed by atoms with Crippen LogP contribution in [-0.2, 0) is 4.79 Å². The van der Waals surface area contributed by atoms with Crippen molar-refractivity contribution in [1.82, 2.24) is 10.2 Å². The summed E-state index contributed by atoms with van der Waals surface area (Å²) in [4.78, 5) is 14.8. The van der Waals surface area contributed by atoms with E-state index in [0.717, 1.165) is 24.8 Å². The Labute approximate surface area is 125 Å². The second-order valence-corrected chi connectivity index (χ2v) is 6.73. The molecular formula is C17H23FN2O. The van der Waals surface area contributed by atoms with Crippen LogP contribution in [0.25, 0.3) is 0 Å². The summed E-state index contributed by atoms with van der Waals surface area (Å²) in [6.45, 7) is 6.17. The van der Waals surface area contributed by atoms with Gasteiger partial charge in [0.2, 0.25) is 5.91 Å². The van der Waals surface area contributed by atoms with Gasteiger partial charge >= 0.3 is 0 Å². The van der Waals surface area contributed by atoms with Crippen molar-refractivity contribution in [3.8, 4) is 0 Å². The maximum atomic E-state index is 13.5. The van der Waals surface area contributed by atoms with E-state index in [1.165, 1.54) is 12.1 Å². The van der Waals surface area contributed by atoms with Crippen LogP contribution < -0.4 is 5.32 Å². The van der Waals surface area contributed by atoms with Crippen LogP contribution in [0.5, 0.6) is 0 Å². The van der Waals surface area contributed by atoms with Crippen molar-refractivity contribution in [2.45, 2.75) is 57.8 Å². The zero-order valence-corrected chi connectivity index (χ0v) is 12.9. The molecule has 1 saturated carbocycles. The predicted octanol–water partition coefficient (Wildman–Crippen LogP) is 3.22. The van der Waals surface area contributed by atoms with Crippen molar-refractivity contribution in [3.63, 3.8) is 0 Å². The molecule has 3 rings (SSSR count). The minimum Gasteiger partial charge on any atom is -0.318 e. The van der Waals surface area contributed by atoms with Crippen LogP contribution in [0, 0.1) is 11.7 Å². The Morgan fingerprint density at radius 2 is 2.14 bits per heavy atom. The third-order valence-electron chi connectivity index (χ3n) is 5.05. The Morgan fingerprint density at radius 3 is 2.71 bits per heavy atom. The zero-order valence-electron chi connectivity index (χ0n) is 12.9. The van der Waals surface area contributed by atoms with Gasteiger partial charge in [-0.15, -0.1) is 0 Å². The van der Waals surface area contributed by atoms with E-state index in [4.69, 9.17) is 0 Å². The first-order valence-corrected chi connectivity index (χ1v) is 7.80. The van der Waals surface area contributed by atoms with Crippen molar-refractivity contribution in [2.75, 3.05) is 0 Å². The third kappa shape index (κ3) is 2.35. The van der Waals surface area contributed by atoms with Crippen LogP contribution in [0.15, 0.2) is 24.3 Å². The van der Waals surface area contributed by atoms with Gasteiger partial charge in [0, 0.05) is 6.04 Å². The van der Waals surface area contributed by atoms with Gasteiger partial charge in [0.25, 0.3) is 0 Å². The second kappa shape index (κ2) is 5.09. The number of carbonyl (C=O) groups is 1. The van der Waals surface area contributed by atoms with E-state index in [1.807, 2.05) is 24.8 Å². The molecule has 2 atom stereocenters. The number of rotatable bonds is 3. The summed E-state index contributed by atoms with van der Waals surface area (Å²) in [5.74, 6) is 0.564. The summed E-state index contributed by atoms with van der Waals surface area (Å²) >= 11 is 0. The molecule has 21 heavy (non-hydrogen) atoms. The highest BCUT2D eigenvalue weighted by molar-refractivity contribution is 5.89. The molecule has 2 aliphatic rings. The first kappa shape index (κ1) is 14.5. The predicted molar refractivity (Wildman–Crippen MR) is 80.0 cm³/mol. The second-order valence-electron chi connectivity index (χ2n) is 6.73. The topological polar surface area (TPSA) is 32.3 Å². The van der Waals surface area contributed by atoms with E-state index in [0.29, 0.717) is 5.92 Å².